The van der Waals surface area contributed by atoms with Crippen molar-refractivity contribution in [3.8, 4) is 0 Å². The van der Waals surface area contributed by atoms with Gasteiger partial charge in [-0.05, 0) is 0 Å². The Balaban J connectivity index is 0. The zero-order chi connectivity index (χ0) is 7.40. The molecule has 0 unspecified atom stereocenters. The molecule has 1 aromatic carbocycles. The standard InChI is InChI=1S/C9H11.Al.2FH/c1-3-9-7-5-4-6-8(9)2;;;/h4-7H,1,3H2,2H3;;2*1H/q;+2;;/p-2. The quantitative estimate of drug-likeness (QED) is 0.413. The molecule has 0 aliphatic heterocycles. The van der Waals surface area contributed by atoms with Gasteiger partial charge in [0.15, 0.2) is 0 Å². The summed E-state index contributed by atoms with van der Waals surface area (Å²) in [7, 11) is 0. The van der Waals surface area contributed by atoms with E-state index in [4.69, 9.17) is 0 Å². The number of benzene rings is 1. The second kappa shape index (κ2) is 7.27. The summed E-state index contributed by atoms with van der Waals surface area (Å²) in [5, 5.41) is 1.16. The van der Waals surface area contributed by atoms with Crippen LogP contribution in [0.4, 0.5) is 0 Å². The first-order valence-corrected chi connectivity index (χ1v) is 4.41. The van der Waals surface area contributed by atoms with E-state index in [1.54, 1.807) is 0 Å². The summed E-state index contributed by atoms with van der Waals surface area (Å²) in [4.78, 5) is 0. The maximum absolute atomic E-state index is 2.75. The van der Waals surface area contributed by atoms with Gasteiger partial charge in [-0.3, -0.25) is 0 Å². The second-order valence-corrected chi connectivity index (χ2v) is 3.04. The van der Waals surface area contributed by atoms with Gasteiger partial charge in [-0.15, -0.1) is 0 Å². The Hall–Kier alpha value is -0.388. The van der Waals surface area contributed by atoms with Crippen molar-refractivity contribution in [1.29, 1.82) is 0 Å². The monoisotopic (exact) mass is 184 g/mol. The number of rotatable bonds is 2. The van der Waals surface area contributed by atoms with Crippen molar-refractivity contribution < 1.29 is 9.41 Å². The van der Waals surface area contributed by atoms with Crippen LogP contribution in [0.5, 0.6) is 0 Å². The number of aryl methyl sites for hydroxylation is 2. The van der Waals surface area contributed by atoms with Crippen molar-refractivity contribution in [3.05, 3.63) is 35.4 Å². The maximum Gasteiger partial charge on any atom is -1.00 e. The van der Waals surface area contributed by atoms with Crippen molar-refractivity contribution in [2.45, 2.75) is 18.6 Å². The van der Waals surface area contributed by atoms with E-state index < -0.39 is 0 Å². The minimum atomic E-state index is 0. The summed E-state index contributed by atoms with van der Waals surface area (Å²) in [6, 6.07) is 8.54. The normalized spacial score (nSPS) is 8.25. The van der Waals surface area contributed by atoms with Crippen molar-refractivity contribution >= 4 is 16.3 Å². The molecule has 64 valence electrons. The Morgan fingerprint density at radius 2 is 1.75 bits per heavy atom. The van der Waals surface area contributed by atoms with E-state index in [1.807, 2.05) is 0 Å². The van der Waals surface area contributed by atoms with Crippen LogP contribution in [0, 0.1) is 6.92 Å². The molecule has 0 saturated carbocycles. The Bertz CT molecular complexity index is 213. The topological polar surface area (TPSA) is 0 Å². The number of hydrogen-bond acceptors (Lipinski definition) is 0. The van der Waals surface area contributed by atoms with Gasteiger partial charge in [0.05, 0.1) is 0 Å². The molecule has 0 nitrogen and oxygen atoms in total. The van der Waals surface area contributed by atoms with Crippen LogP contribution in [0.1, 0.15) is 11.1 Å². The van der Waals surface area contributed by atoms with Gasteiger partial charge in [-0.2, -0.15) is 0 Å². The van der Waals surface area contributed by atoms with E-state index in [0.717, 1.165) is 5.28 Å². The molecular weight excluding hydrogens is 173 g/mol. The molecular formula is C9H11AlF2. The summed E-state index contributed by atoms with van der Waals surface area (Å²) < 4.78 is 0. The van der Waals surface area contributed by atoms with E-state index >= 15 is 0 Å². The third kappa shape index (κ3) is 3.85. The minimum absolute atomic E-state index is 0. The average Bonchev–Trinajstić information content (AvgIpc) is 1.94. The van der Waals surface area contributed by atoms with Crippen molar-refractivity contribution in [1.82, 2.24) is 0 Å². The Morgan fingerprint density at radius 3 is 2.25 bits per heavy atom. The zero-order valence-corrected chi connectivity index (χ0v) is 8.21. The van der Waals surface area contributed by atoms with E-state index in [-0.39, 0.29) is 9.41 Å². The summed E-state index contributed by atoms with van der Waals surface area (Å²) in [5.74, 6) is 0. The maximum atomic E-state index is 2.75. The largest absolute Gasteiger partial charge is 1.00 e. The van der Waals surface area contributed by atoms with Crippen molar-refractivity contribution in [2.75, 3.05) is 0 Å². The summed E-state index contributed by atoms with van der Waals surface area (Å²) in [6.45, 7) is 2.16. The average molecular weight is 184 g/mol. The van der Waals surface area contributed by atoms with Crippen LogP contribution in [0.25, 0.3) is 0 Å². The molecule has 0 spiro atoms. The van der Waals surface area contributed by atoms with Gasteiger partial charge in [-0.1, -0.05) is 0 Å². The van der Waals surface area contributed by atoms with E-state index in [0.29, 0.717) is 0 Å². The van der Waals surface area contributed by atoms with E-state index in [9.17, 15) is 0 Å². The Labute approximate surface area is 80.1 Å². The molecule has 0 fully saturated rings. The molecule has 0 bridgehead atoms. The predicted octanol–water partition coefficient (Wildman–Crippen LogP) is -3.87. The first kappa shape index (κ1) is 14.2. The predicted molar refractivity (Wildman–Crippen MR) is 45.4 cm³/mol. The van der Waals surface area contributed by atoms with Crippen molar-refractivity contribution in [3.63, 3.8) is 0 Å². The molecule has 0 atom stereocenters. The fraction of sp³-hybridized carbons (Fsp3) is 0.333. The van der Waals surface area contributed by atoms with Crippen LogP contribution in [0.15, 0.2) is 24.3 Å². The number of halogens is 2. The first-order chi connectivity index (χ1) is 4.84. The van der Waals surface area contributed by atoms with Gasteiger partial charge in [0.2, 0.25) is 0 Å². The van der Waals surface area contributed by atoms with Crippen LogP contribution < -0.4 is 9.41 Å². The first-order valence-electron chi connectivity index (χ1n) is 3.59. The second-order valence-electron chi connectivity index (χ2n) is 2.47. The van der Waals surface area contributed by atoms with Crippen LogP contribution >= 0.6 is 0 Å². The molecule has 0 amide bonds. The van der Waals surface area contributed by atoms with E-state index in [1.165, 1.54) is 17.5 Å². The van der Waals surface area contributed by atoms with Gasteiger partial charge in [-0.25, -0.2) is 0 Å². The van der Waals surface area contributed by atoms with E-state index in [2.05, 4.69) is 47.5 Å². The molecule has 1 aromatic rings. The third-order valence-corrected chi connectivity index (χ3v) is 1.96. The molecule has 0 aliphatic rings. The SMILES string of the molecule is Cc1ccccc1C[CH2][Al+2].[F-].[F-]. The van der Waals surface area contributed by atoms with Crippen LogP contribution in [-0.4, -0.2) is 16.3 Å². The molecule has 0 heterocycles. The molecule has 0 radical (unpaired) electrons. The van der Waals surface area contributed by atoms with Crippen molar-refractivity contribution in [2.24, 2.45) is 0 Å². The molecule has 3 heteroatoms. The van der Waals surface area contributed by atoms with Gasteiger partial charge >= 0.3 is 70.3 Å². The molecule has 0 aliphatic carbocycles. The summed E-state index contributed by atoms with van der Waals surface area (Å²) >= 11 is 2.75. The van der Waals surface area contributed by atoms with Gasteiger partial charge in [0.1, 0.15) is 0 Å². The third-order valence-electron chi connectivity index (χ3n) is 1.67. The van der Waals surface area contributed by atoms with Crippen LogP contribution in [0.2, 0.25) is 5.28 Å². The molecule has 0 saturated heterocycles. The molecule has 0 aromatic heterocycles. The fourth-order valence-corrected chi connectivity index (χ4v) is 1.36. The zero-order valence-electron chi connectivity index (χ0n) is 7.06. The van der Waals surface area contributed by atoms with Crippen LogP contribution in [-0.2, 0) is 6.42 Å². The summed E-state index contributed by atoms with van der Waals surface area (Å²) in [6.07, 6.45) is 1.18. The smallest absolute Gasteiger partial charge is 1.00 e. The Morgan fingerprint density at radius 1 is 1.17 bits per heavy atom. The molecule has 1 rings (SSSR count). The molecule has 12 heavy (non-hydrogen) atoms. The number of hydrogen-bond donors (Lipinski definition) is 0. The minimum Gasteiger partial charge on any atom is -1.00 e. The summed E-state index contributed by atoms with van der Waals surface area (Å²) in [5.41, 5.74) is 2.88. The fourth-order valence-electron chi connectivity index (χ4n) is 1.05. The van der Waals surface area contributed by atoms with Gasteiger partial charge in [0, 0.05) is 0 Å². The molecule has 0 N–H and O–H groups in total. The van der Waals surface area contributed by atoms with Gasteiger partial charge in [0.25, 0.3) is 0 Å². The van der Waals surface area contributed by atoms with Gasteiger partial charge < -0.3 is 9.41 Å². The Kier molecular flexibility index (Phi) is 8.58. The van der Waals surface area contributed by atoms with Crippen LogP contribution in [0.3, 0.4) is 0 Å².